The third kappa shape index (κ3) is 11.9. The molecule has 0 rings (SSSR count). The summed E-state index contributed by atoms with van der Waals surface area (Å²) in [6, 6.07) is 0. The standard InChI is InChI=1S/C11H22FO/c1-2-3-4-5-6-7-10-13-11-8-9-12/h1-11H2. The predicted octanol–water partition coefficient (Wildman–Crippen LogP) is 3.54. The van der Waals surface area contributed by atoms with E-state index in [2.05, 4.69) is 6.92 Å². The van der Waals surface area contributed by atoms with Crippen molar-refractivity contribution in [3.8, 4) is 0 Å². The minimum absolute atomic E-state index is 0.260. The van der Waals surface area contributed by atoms with Gasteiger partial charge in [0.2, 0.25) is 0 Å². The van der Waals surface area contributed by atoms with Crippen LogP contribution in [0.1, 0.15) is 44.9 Å². The molecule has 13 heavy (non-hydrogen) atoms. The van der Waals surface area contributed by atoms with E-state index < -0.39 is 0 Å². The van der Waals surface area contributed by atoms with Crippen LogP contribution in [0.3, 0.4) is 0 Å². The number of hydrogen-bond acceptors (Lipinski definition) is 1. The maximum absolute atomic E-state index is 11.6. The average Bonchev–Trinajstić information content (AvgIpc) is 2.16. The Morgan fingerprint density at radius 2 is 1.46 bits per heavy atom. The lowest BCUT2D eigenvalue weighted by molar-refractivity contribution is 0.122. The predicted molar refractivity (Wildman–Crippen MR) is 54.5 cm³/mol. The first-order valence-electron chi connectivity index (χ1n) is 5.34. The molecule has 0 aliphatic carbocycles. The lowest BCUT2D eigenvalue weighted by atomic mass is 10.1. The second kappa shape index (κ2) is 11.9. The van der Waals surface area contributed by atoms with E-state index >= 15 is 0 Å². The third-order valence-corrected chi connectivity index (χ3v) is 1.96. The van der Waals surface area contributed by atoms with Crippen molar-refractivity contribution in [3.05, 3.63) is 6.92 Å². The Morgan fingerprint density at radius 3 is 2.15 bits per heavy atom. The van der Waals surface area contributed by atoms with Gasteiger partial charge in [0, 0.05) is 13.2 Å². The largest absolute Gasteiger partial charge is 0.381 e. The van der Waals surface area contributed by atoms with E-state index in [1.54, 1.807) is 0 Å². The molecule has 0 N–H and O–H groups in total. The molecule has 0 amide bonds. The van der Waals surface area contributed by atoms with Crippen molar-refractivity contribution in [2.75, 3.05) is 19.9 Å². The number of ether oxygens (including phenoxy) is 1. The highest BCUT2D eigenvalue weighted by Gasteiger charge is 1.91. The van der Waals surface area contributed by atoms with Gasteiger partial charge >= 0.3 is 0 Å². The molecule has 0 saturated heterocycles. The zero-order valence-corrected chi connectivity index (χ0v) is 8.56. The van der Waals surface area contributed by atoms with Gasteiger partial charge in [-0.2, -0.15) is 0 Å². The van der Waals surface area contributed by atoms with Crippen LogP contribution in [-0.2, 0) is 4.74 Å². The topological polar surface area (TPSA) is 9.23 Å². The molecule has 0 aliphatic heterocycles. The summed E-state index contributed by atoms with van der Waals surface area (Å²) in [7, 11) is 0. The smallest absolute Gasteiger partial charge is 0.0916 e. The second-order valence-electron chi connectivity index (χ2n) is 3.28. The van der Waals surface area contributed by atoms with E-state index in [0.717, 1.165) is 19.4 Å². The van der Waals surface area contributed by atoms with E-state index in [1.165, 1.54) is 25.7 Å². The number of rotatable bonds is 10. The number of hydrogen-bond donors (Lipinski definition) is 0. The van der Waals surface area contributed by atoms with Gasteiger partial charge < -0.3 is 4.74 Å². The lowest BCUT2D eigenvalue weighted by Crippen LogP contribution is -1.97. The third-order valence-electron chi connectivity index (χ3n) is 1.96. The van der Waals surface area contributed by atoms with Crippen LogP contribution in [0.15, 0.2) is 0 Å². The van der Waals surface area contributed by atoms with Crippen molar-refractivity contribution in [3.63, 3.8) is 0 Å². The molecule has 0 fully saturated rings. The zero-order chi connectivity index (χ0) is 9.78. The second-order valence-corrected chi connectivity index (χ2v) is 3.28. The maximum Gasteiger partial charge on any atom is 0.0916 e. The van der Waals surface area contributed by atoms with Crippen molar-refractivity contribution < 1.29 is 9.13 Å². The van der Waals surface area contributed by atoms with Gasteiger partial charge in [0.1, 0.15) is 0 Å². The first-order valence-corrected chi connectivity index (χ1v) is 5.34. The van der Waals surface area contributed by atoms with Crippen molar-refractivity contribution in [2.24, 2.45) is 0 Å². The fraction of sp³-hybridized carbons (Fsp3) is 0.909. The Morgan fingerprint density at radius 1 is 0.846 bits per heavy atom. The van der Waals surface area contributed by atoms with Gasteiger partial charge in [-0.15, -0.1) is 0 Å². The summed E-state index contributed by atoms with van der Waals surface area (Å²) >= 11 is 0. The molecule has 0 atom stereocenters. The van der Waals surface area contributed by atoms with E-state index in [0.29, 0.717) is 13.0 Å². The van der Waals surface area contributed by atoms with Crippen molar-refractivity contribution in [1.29, 1.82) is 0 Å². The minimum Gasteiger partial charge on any atom is -0.381 e. The number of halogens is 1. The molecule has 0 saturated carbocycles. The van der Waals surface area contributed by atoms with Crippen LogP contribution in [0.2, 0.25) is 0 Å². The molecule has 2 heteroatoms. The summed E-state index contributed by atoms with van der Waals surface area (Å²) < 4.78 is 16.9. The van der Waals surface area contributed by atoms with E-state index in [-0.39, 0.29) is 6.67 Å². The highest BCUT2D eigenvalue weighted by Crippen LogP contribution is 2.04. The van der Waals surface area contributed by atoms with Gasteiger partial charge in [-0.3, -0.25) is 4.39 Å². The van der Waals surface area contributed by atoms with Gasteiger partial charge in [0.05, 0.1) is 6.67 Å². The van der Waals surface area contributed by atoms with Crippen molar-refractivity contribution >= 4 is 0 Å². The van der Waals surface area contributed by atoms with Crippen LogP contribution >= 0.6 is 0 Å². The van der Waals surface area contributed by atoms with Crippen molar-refractivity contribution in [2.45, 2.75) is 44.9 Å². The molecule has 0 unspecified atom stereocenters. The first-order chi connectivity index (χ1) is 6.41. The number of unbranched alkanes of at least 4 members (excludes halogenated alkanes) is 5. The molecular weight excluding hydrogens is 167 g/mol. The van der Waals surface area contributed by atoms with Crippen LogP contribution in [0.5, 0.6) is 0 Å². The molecule has 0 heterocycles. The normalized spacial score (nSPS) is 10.6. The summed E-state index contributed by atoms with van der Waals surface area (Å²) in [5.41, 5.74) is 0. The van der Waals surface area contributed by atoms with E-state index in [1.807, 2.05) is 0 Å². The van der Waals surface area contributed by atoms with Crippen LogP contribution in [0.25, 0.3) is 0 Å². The SMILES string of the molecule is [CH2]CCCCCCCOCCCF. The van der Waals surface area contributed by atoms with Crippen LogP contribution in [0.4, 0.5) is 4.39 Å². The lowest BCUT2D eigenvalue weighted by Gasteiger charge is -2.02. The Balaban J connectivity index is 2.76. The van der Waals surface area contributed by atoms with Crippen LogP contribution in [-0.4, -0.2) is 19.9 Å². The summed E-state index contributed by atoms with van der Waals surface area (Å²) in [6.07, 6.45) is 7.74. The summed E-state index contributed by atoms with van der Waals surface area (Å²) in [4.78, 5) is 0. The highest BCUT2D eigenvalue weighted by molar-refractivity contribution is 4.46. The van der Waals surface area contributed by atoms with Gasteiger partial charge in [-0.25, -0.2) is 0 Å². The minimum atomic E-state index is -0.260. The summed E-state index contributed by atoms with van der Waals surface area (Å²) in [6.45, 7) is 4.91. The van der Waals surface area contributed by atoms with Crippen molar-refractivity contribution in [1.82, 2.24) is 0 Å². The Labute approximate surface area is 81.7 Å². The average molecular weight is 189 g/mol. The van der Waals surface area contributed by atoms with E-state index in [9.17, 15) is 4.39 Å². The fourth-order valence-electron chi connectivity index (χ4n) is 1.17. The van der Waals surface area contributed by atoms with Gasteiger partial charge in [-0.1, -0.05) is 39.0 Å². The molecular formula is C11H22FO. The van der Waals surface area contributed by atoms with Gasteiger partial charge in [-0.05, 0) is 12.8 Å². The molecule has 0 aromatic heterocycles. The quantitative estimate of drug-likeness (QED) is 0.478. The monoisotopic (exact) mass is 189 g/mol. The first kappa shape index (κ1) is 12.9. The molecule has 0 spiro atoms. The molecule has 0 aliphatic rings. The molecule has 0 aromatic rings. The van der Waals surface area contributed by atoms with Gasteiger partial charge in [0.15, 0.2) is 0 Å². The molecule has 0 aromatic carbocycles. The fourth-order valence-corrected chi connectivity index (χ4v) is 1.17. The Bertz CT molecular complexity index is 76.2. The van der Waals surface area contributed by atoms with Crippen LogP contribution in [0, 0.1) is 6.92 Å². The molecule has 79 valence electrons. The Kier molecular flexibility index (Phi) is 11.8. The summed E-state index contributed by atoms with van der Waals surface area (Å²) in [5.74, 6) is 0. The van der Waals surface area contributed by atoms with Crippen LogP contribution < -0.4 is 0 Å². The number of alkyl halides is 1. The van der Waals surface area contributed by atoms with Gasteiger partial charge in [0.25, 0.3) is 0 Å². The Hall–Kier alpha value is -0.110. The maximum atomic E-state index is 11.6. The van der Waals surface area contributed by atoms with E-state index in [4.69, 9.17) is 4.74 Å². The zero-order valence-electron chi connectivity index (χ0n) is 8.56. The molecule has 0 bridgehead atoms. The molecule has 1 nitrogen and oxygen atoms in total. The molecule has 1 radical (unpaired) electrons. The summed E-state index contributed by atoms with van der Waals surface area (Å²) in [5, 5.41) is 0. The highest BCUT2D eigenvalue weighted by atomic mass is 19.1.